The summed E-state index contributed by atoms with van der Waals surface area (Å²) in [6.45, 7) is 0.486. The van der Waals surface area contributed by atoms with E-state index in [4.69, 9.17) is 5.73 Å². The lowest BCUT2D eigenvalue weighted by Gasteiger charge is -2.04. The van der Waals surface area contributed by atoms with Gasteiger partial charge in [0.2, 0.25) is 0 Å². The summed E-state index contributed by atoms with van der Waals surface area (Å²) in [6.07, 6.45) is 5.41. The first-order chi connectivity index (χ1) is 8.38. The Kier molecular flexibility index (Phi) is 2.34. The molecular formula is C13H12N4. The molecule has 0 aliphatic carbocycles. The van der Waals surface area contributed by atoms with E-state index in [0.29, 0.717) is 6.54 Å². The van der Waals surface area contributed by atoms with Gasteiger partial charge >= 0.3 is 0 Å². The third kappa shape index (κ3) is 1.68. The molecule has 84 valence electrons. The summed E-state index contributed by atoms with van der Waals surface area (Å²) < 4.78 is 1.88. The van der Waals surface area contributed by atoms with Crippen LogP contribution in [0.3, 0.4) is 0 Å². The van der Waals surface area contributed by atoms with Gasteiger partial charge in [-0.25, -0.2) is 4.68 Å². The lowest BCUT2D eigenvalue weighted by atomic mass is 10.2. The Morgan fingerprint density at radius 2 is 2.00 bits per heavy atom. The van der Waals surface area contributed by atoms with Crippen molar-refractivity contribution >= 4 is 10.9 Å². The van der Waals surface area contributed by atoms with Gasteiger partial charge in [0.25, 0.3) is 0 Å². The van der Waals surface area contributed by atoms with E-state index in [-0.39, 0.29) is 0 Å². The van der Waals surface area contributed by atoms with Crippen molar-refractivity contribution in [3.63, 3.8) is 0 Å². The number of benzene rings is 1. The number of rotatable bonds is 2. The lowest BCUT2D eigenvalue weighted by Crippen LogP contribution is -2.01. The van der Waals surface area contributed by atoms with Crippen molar-refractivity contribution in [3.8, 4) is 5.69 Å². The highest BCUT2D eigenvalue weighted by Crippen LogP contribution is 2.17. The van der Waals surface area contributed by atoms with Gasteiger partial charge in [-0.2, -0.15) is 5.10 Å². The van der Waals surface area contributed by atoms with Crippen LogP contribution >= 0.6 is 0 Å². The van der Waals surface area contributed by atoms with Crippen LogP contribution < -0.4 is 5.73 Å². The van der Waals surface area contributed by atoms with Gasteiger partial charge < -0.3 is 5.73 Å². The highest BCUT2D eigenvalue weighted by atomic mass is 15.3. The van der Waals surface area contributed by atoms with E-state index in [1.165, 1.54) is 0 Å². The van der Waals surface area contributed by atoms with E-state index in [1.54, 1.807) is 12.4 Å². The van der Waals surface area contributed by atoms with Gasteiger partial charge in [-0.05, 0) is 17.7 Å². The lowest BCUT2D eigenvalue weighted by molar-refractivity contribution is 0.895. The van der Waals surface area contributed by atoms with Gasteiger partial charge in [0, 0.05) is 18.1 Å². The molecule has 4 heteroatoms. The molecule has 0 spiro atoms. The summed E-state index contributed by atoms with van der Waals surface area (Å²) in [7, 11) is 0. The number of fused-ring (bicyclic) bond motifs is 1. The number of pyridine rings is 1. The Balaban J connectivity index is 2.20. The van der Waals surface area contributed by atoms with Crippen LogP contribution in [0, 0.1) is 0 Å². The molecule has 0 fully saturated rings. The second kappa shape index (κ2) is 3.99. The van der Waals surface area contributed by atoms with Gasteiger partial charge in [0.1, 0.15) is 0 Å². The Morgan fingerprint density at radius 1 is 1.12 bits per heavy atom. The first kappa shape index (κ1) is 9.99. The second-order valence-electron chi connectivity index (χ2n) is 3.87. The highest BCUT2D eigenvalue weighted by Gasteiger charge is 2.04. The zero-order chi connectivity index (χ0) is 11.7. The molecule has 0 atom stereocenters. The first-order valence-corrected chi connectivity index (χ1v) is 5.45. The molecule has 3 rings (SSSR count). The normalized spacial score (nSPS) is 10.9. The minimum atomic E-state index is 0.486. The highest BCUT2D eigenvalue weighted by molar-refractivity contribution is 5.79. The smallest absolute Gasteiger partial charge is 0.0839 e. The van der Waals surface area contributed by atoms with E-state index in [0.717, 1.165) is 22.2 Å². The molecule has 3 aromatic rings. The van der Waals surface area contributed by atoms with E-state index in [9.17, 15) is 0 Å². The van der Waals surface area contributed by atoms with Gasteiger partial charge in [-0.3, -0.25) is 4.98 Å². The zero-order valence-corrected chi connectivity index (χ0v) is 9.24. The molecule has 0 bridgehead atoms. The molecule has 2 heterocycles. The van der Waals surface area contributed by atoms with Crippen molar-refractivity contribution < 1.29 is 0 Å². The second-order valence-corrected chi connectivity index (χ2v) is 3.87. The minimum Gasteiger partial charge on any atom is -0.326 e. The molecule has 0 unspecified atom stereocenters. The van der Waals surface area contributed by atoms with Crippen molar-refractivity contribution in [2.24, 2.45) is 5.73 Å². The standard InChI is InChI=1S/C13H12N4/c14-6-10-5-12(9-15-7-10)17-13-4-2-1-3-11(13)8-16-17/h1-5,7-9H,6,14H2. The summed E-state index contributed by atoms with van der Waals surface area (Å²) >= 11 is 0. The van der Waals surface area contributed by atoms with Crippen LogP contribution in [0.15, 0.2) is 48.9 Å². The number of hydrogen-bond donors (Lipinski definition) is 1. The summed E-state index contributed by atoms with van der Waals surface area (Å²) in [5.41, 5.74) is 8.63. The molecule has 0 saturated carbocycles. The first-order valence-electron chi connectivity index (χ1n) is 5.45. The van der Waals surface area contributed by atoms with Crippen LogP contribution in [0.5, 0.6) is 0 Å². The SMILES string of the molecule is NCc1cncc(-n2ncc3ccccc32)c1. The molecule has 0 aliphatic rings. The molecule has 0 saturated heterocycles. The largest absolute Gasteiger partial charge is 0.326 e. The maximum Gasteiger partial charge on any atom is 0.0839 e. The van der Waals surface area contributed by atoms with Crippen molar-refractivity contribution in [1.82, 2.24) is 14.8 Å². The summed E-state index contributed by atoms with van der Waals surface area (Å²) in [4.78, 5) is 4.18. The average Bonchev–Trinajstić information content (AvgIpc) is 2.82. The molecular weight excluding hydrogens is 212 g/mol. The number of nitrogens with two attached hydrogens (primary N) is 1. The molecule has 17 heavy (non-hydrogen) atoms. The summed E-state index contributed by atoms with van der Waals surface area (Å²) in [6, 6.07) is 10.1. The van der Waals surface area contributed by atoms with E-state index < -0.39 is 0 Å². The van der Waals surface area contributed by atoms with Crippen molar-refractivity contribution in [3.05, 3.63) is 54.5 Å². The predicted octanol–water partition coefficient (Wildman–Crippen LogP) is 1.88. The Morgan fingerprint density at radius 3 is 2.88 bits per heavy atom. The van der Waals surface area contributed by atoms with Crippen molar-refractivity contribution in [1.29, 1.82) is 0 Å². The Hall–Kier alpha value is -2.20. The molecule has 0 radical (unpaired) electrons. The fraction of sp³-hybridized carbons (Fsp3) is 0.0769. The summed E-state index contributed by atoms with van der Waals surface area (Å²) in [5.74, 6) is 0. The van der Waals surface area contributed by atoms with Crippen LogP contribution in [0.4, 0.5) is 0 Å². The fourth-order valence-corrected chi connectivity index (χ4v) is 1.88. The molecule has 1 aromatic carbocycles. The summed E-state index contributed by atoms with van der Waals surface area (Å²) in [5, 5.41) is 5.49. The molecule has 0 amide bonds. The zero-order valence-electron chi connectivity index (χ0n) is 9.24. The van der Waals surface area contributed by atoms with Crippen molar-refractivity contribution in [2.45, 2.75) is 6.54 Å². The number of hydrogen-bond acceptors (Lipinski definition) is 3. The minimum absolute atomic E-state index is 0.486. The predicted molar refractivity (Wildman–Crippen MR) is 66.8 cm³/mol. The molecule has 2 N–H and O–H groups in total. The topological polar surface area (TPSA) is 56.7 Å². The van der Waals surface area contributed by atoms with Crippen LogP contribution in [-0.4, -0.2) is 14.8 Å². The Labute approximate surface area is 98.7 Å². The maximum atomic E-state index is 5.62. The van der Waals surface area contributed by atoms with Crippen LogP contribution in [0.1, 0.15) is 5.56 Å². The quantitative estimate of drug-likeness (QED) is 0.723. The fourth-order valence-electron chi connectivity index (χ4n) is 1.88. The van der Waals surface area contributed by atoms with Crippen LogP contribution in [0.25, 0.3) is 16.6 Å². The number of aromatic nitrogens is 3. The van der Waals surface area contributed by atoms with Gasteiger partial charge in [0.15, 0.2) is 0 Å². The van der Waals surface area contributed by atoms with Crippen LogP contribution in [0.2, 0.25) is 0 Å². The molecule has 4 nitrogen and oxygen atoms in total. The van der Waals surface area contributed by atoms with E-state index in [2.05, 4.69) is 10.1 Å². The average molecular weight is 224 g/mol. The maximum absolute atomic E-state index is 5.62. The number of nitrogens with zero attached hydrogens (tertiary/aromatic N) is 3. The Bertz CT molecular complexity index is 657. The van der Waals surface area contributed by atoms with E-state index in [1.807, 2.05) is 41.2 Å². The van der Waals surface area contributed by atoms with Crippen LogP contribution in [-0.2, 0) is 6.54 Å². The van der Waals surface area contributed by atoms with Gasteiger partial charge in [-0.15, -0.1) is 0 Å². The van der Waals surface area contributed by atoms with Gasteiger partial charge in [0.05, 0.1) is 23.6 Å². The third-order valence-electron chi connectivity index (χ3n) is 2.74. The third-order valence-corrected chi connectivity index (χ3v) is 2.74. The number of para-hydroxylation sites is 1. The van der Waals surface area contributed by atoms with Crippen molar-refractivity contribution in [2.75, 3.05) is 0 Å². The molecule has 0 aliphatic heterocycles. The molecule has 2 aromatic heterocycles. The van der Waals surface area contributed by atoms with E-state index >= 15 is 0 Å². The van der Waals surface area contributed by atoms with Gasteiger partial charge in [-0.1, -0.05) is 18.2 Å². The monoisotopic (exact) mass is 224 g/mol.